The van der Waals surface area contributed by atoms with Crippen molar-refractivity contribution in [1.29, 1.82) is 0 Å². The summed E-state index contributed by atoms with van der Waals surface area (Å²) in [6, 6.07) is 4.13. The Morgan fingerprint density at radius 3 is 2.43 bits per heavy atom. The second-order valence-electron chi connectivity index (χ2n) is 8.38. The Morgan fingerprint density at radius 2 is 1.77 bits per heavy atom. The van der Waals surface area contributed by atoms with Crippen LogP contribution >= 0.6 is 0 Å². The van der Waals surface area contributed by atoms with Crippen LogP contribution in [0.25, 0.3) is 10.9 Å². The summed E-state index contributed by atoms with van der Waals surface area (Å²) in [4.78, 5) is 42.3. The van der Waals surface area contributed by atoms with E-state index in [1.807, 2.05) is 6.92 Å². The fourth-order valence-corrected chi connectivity index (χ4v) is 4.04. The summed E-state index contributed by atoms with van der Waals surface area (Å²) in [5.41, 5.74) is -1.51. The Balaban J connectivity index is 2.08. The van der Waals surface area contributed by atoms with Gasteiger partial charge in [-0.2, -0.15) is 0 Å². The zero-order chi connectivity index (χ0) is 25.7. The third kappa shape index (κ3) is 5.82. The maximum absolute atomic E-state index is 14.3. The van der Waals surface area contributed by atoms with Crippen molar-refractivity contribution in [3.8, 4) is 0 Å². The van der Waals surface area contributed by atoms with Crippen LogP contribution < -0.4 is 16.6 Å². The van der Waals surface area contributed by atoms with Gasteiger partial charge in [-0.25, -0.2) is 22.5 Å². The van der Waals surface area contributed by atoms with Gasteiger partial charge in [0.25, 0.3) is 5.56 Å². The van der Waals surface area contributed by atoms with Crippen LogP contribution in [0.4, 0.5) is 13.2 Å². The van der Waals surface area contributed by atoms with Gasteiger partial charge in [0.15, 0.2) is 0 Å². The maximum Gasteiger partial charge on any atom is 0.329 e. The topological polar surface area (TPSA) is 93.2 Å². The zero-order valence-corrected chi connectivity index (χ0v) is 19.7. The molecule has 2 aromatic carbocycles. The molecule has 0 saturated heterocycles. The number of nitrogens with zero attached hydrogens (tertiary/aromatic N) is 1. The quantitative estimate of drug-likeness (QED) is 0.420. The number of ether oxygens (including phenoxy) is 1. The molecule has 3 aromatic rings. The minimum atomic E-state index is -1.33. The van der Waals surface area contributed by atoms with Crippen molar-refractivity contribution in [2.45, 2.75) is 45.7 Å². The van der Waals surface area contributed by atoms with Gasteiger partial charge in [0.1, 0.15) is 23.5 Å². The Morgan fingerprint density at radius 1 is 1.09 bits per heavy atom. The molecule has 7 nitrogen and oxygen atoms in total. The number of fused-ring (bicyclic) bond motifs is 1. The van der Waals surface area contributed by atoms with Gasteiger partial charge >= 0.3 is 5.69 Å². The summed E-state index contributed by atoms with van der Waals surface area (Å²) in [7, 11) is 0. The average molecular weight is 492 g/mol. The van der Waals surface area contributed by atoms with E-state index in [-0.39, 0.29) is 23.1 Å². The van der Waals surface area contributed by atoms with Crippen LogP contribution in [0.5, 0.6) is 0 Å². The molecule has 3 rings (SSSR count). The predicted molar refractivity (Wildman–Crippen MR) is 126 cm³/mol. The van der Waals surface area contributed by atoms with E-state index in [2.05, 4.69) is 10.3 Å². The van der Waals surface area contributed by atoms with Gasteiger partial charge < -0.3 is 15.0 Å². The van der Waals surface area contributed by atoms with Gasteiger partial charge in [-0.15, -0.1) is 0 Å². The van der Waals surface area contributed by atoms with E-state index in [1.54, 1.807) is 6.92 Å². The van der Waals surface area contributed by atoms with E-state index in [0.717, 1.165) is 29.2 Å². The van der Waals surface area contributed by atoms with Gasteiger partial charge in [0, 0.05) is 24.2 Å². The van der Waals surface area contributed by atoms with Crippen LogP contribution in [0.2, 0.25) is 0 Å². The molecular formula is C25H28F3N3O4. The lowest BCUT2D eigenvalue weighted by molar-refractivity contribution is -0.127. The van der Waals surface area contributed by atoms with Crippen molar-refractivity contribution in [2.75, 3.05) is 13.2 Å². The number of rotatable bonds is 10. The molecule has 1 heterocycles. The first-order valence-corrected chi connectivity index (χ1v) is 11.4. The van der Waals surface area contributed by atoms with E-state index >= 15 is 0 Å². The standard InChI is InChI=1S/C25H28F3N3O4/c1-4-10-35-13-15(5-2)22(23(32)29-14(3)18-8-6-17(27)12-20(18)28)31-24(33)19-11-16(26)7-9-21(19)30-25(31)34/h6-9,11-12,14-15,22H,4-5,10,13H2,1-3H3,(H,29,32)(H,30,34). The molecule has 0 spiro atoms. The number of carbonyl (C=O) groups is 1. The molecule has 0 aliphatic heterocycles. The summed E-state index contributed by atoms with van der Waals surface area (Å²) in [5.74, 6) is -3.60. The molecule has 10 heteroatoms. The Kier molecular flexibility index (Phi) is 8.50. The minimum Gasteiger partial charge on any atom is -0.381 e. The molecule has 0 bridgehead atoms. The maximum atomic E-state index is 14.3. The summed E-state index contributed by atoms with van der Waals surface area (Å²) in [6.45, 7) is 5.69. The van der Waals surface area contributed by atoms with Crippen molar-refractivity contribution >= 4 is 16.8 Å². The Labute approximate surface area is 199 Å². The highest BCUT2D eigenvalue weighted by atomic mass is 19.1. The van der Waals surface area contributed by atoms with Crippen LogP contribution in [0, 0.1) is 23.4 Å². The van der Waals surface area contributed by atoms with E-state index < -0.39 is 52.6 Å². The van der Waals surface area contributed by atoms with Crippen molar-refractivity contribution in [1.82, 2.24) is 14.9 Å². The van der Waals surface area contributed by atoms with E-state index in [1.165, 1.54) is 19.1 Å². The second kappa shape index (κ2) is 11.4. The molecule has 2 N–H and O–H groups in total. The van der Waals surface area contributed by atoms with Crippen molar-refractivity contribution in [3.63, 3.8) is 0 Å². The largest absolute Gasteiger partial charge is 0.381 e. The molecule has 0 aliphatic rings. The highest BCUT2D eigenvalue weighted by molar-refractivity contribution is 5.82. The van der Waals surface area contributed by atoms with Crippen LogP contribution in [0.15, 0.2) is 46.0 Å². The fraction of sp³-hybridized carbons (Fsp3) is 0.400. The van der Waals surface area contributed by atoms with Gasteiger partial charge in [-0.05, 0) is 44.0 Å². The lowest BCUT2D eigenvalue weighted by Crippen LogP contribution is -2.48. The summed E-state index contributed by atoms with van der Waals surface area (Å²) in [6.07, 6.45) is 1.10. The summed E-state index contributed by atoms with van der Waals surface area (Å²) < 4.78 is 47.9. The minimum absolute atomic E-state index is 0.0376. The van der Waals surface area contributed by atoms with Crippen molar-refractivity contribution < 1.29 is 22.7 Å². The number of hydrogen-bond donors (Lipinski definition) is 2. The van der Waals surface area contributed by atoms with E-state index in [0.29, 0.717) is 19.1 Å². The van der Waals surface area contributed by atoms with Gasteiger partial charge in [-0.1, -0.05) is 19.9 Å². The van der Waals surface area contributed by atoms with E-state index in [9.17, 15) is 27.6 Å². The molecule has 3 atom stereocenters. The molecule has 1 amide bonds. The monoisotopic (exact) mass is 491 g/mol. The van der Waals surface area contributed by atoms with Gasteiger partial charge in [0.05, 0.1) is 23.6 Å². The molecule has 0 radical (unpaired) electrons. The highest BCUT2D eigenvalue weighted by Gasteiger charge is 2.33. The number of carbonyl (C=O) groups excluding carboxylic acids is 1. The predicted octanol–water partition coefficient (Wildman–Crippen LogP) is 3.98. The van der Waals surface area contributed by atoms with Gasteiger partial charge in [-0.3, -0.25) is 9.59 Å². The van der Waals surface area contributed by atoms with Crippen LogP contribution in [-0.4, -0.2) is 28.7 Å². The molecule has 188 valence electrons. The lowest BCUT2D eigenvalue weighted by atomic mass is 9.95. The fourth-order valence-electron chi connectivity index (χ4n) is 4.04. The molecule has 0 saturated carbocycles. The first-order valence-electron chi connectivity index (χ1n) is 11.4. The molecule has 0 fully saturated rings. The van der Waals surface area contributed by atoms with Gasteiger partial charge in [0.2, 0.25) is 5.91 Å². The molecule has 0 aliphatic carbocycles. The molecule has 35 heavy (non-hydrogen) atoms. The number of nitrogens with one attached hydrogen (secondary N) is 2. The van der Waals surface area contributed by atoms with Crippen molar-refractivity contribution in [3.05, 3.63) is 80.3 Å². The summed E-state index contributed by atoms with van der Waals surface area (Å²) in [5, 5.41) is 2.54. The first kappa shape index (κ1) is 26.2. The third-order valence-electron chi connectivity index (χ3n) is 5.88. The third-order valence-corrected chi connectivity index (χ3v) is 5.88. The molecule has 1 aromatic heterocycles. The second-order valence-corrected chi connectivity index (χ2v) is 8.38. The number of amides is 1. The van der Waals surface area contributed by atoms with Crippen LogP contribution in [0.3, 0.4) is 0 Å². The Bertz CT molecular complexity index is 1320. The van der Waals surface area contributed by atoms with Crippen molar-refractivity contribution in [2.24, 2.45) is 5.92 Å². The molecular weight excluding hydrogens is 463 g/mol. The smallest absolute Gasteiger partial charge is 0.329 e. The highest BCUT2D eigenvalue weighted by Crippen LogP contribution is 2.24. The SMILES string of the molecule is CCCOCC(CC)C(C(=O)NC(C)c1ccc(F)cc1F)n1c(=O)[nH]c2ccc(F)cc2c1=O. The number of benzene rings is 2. The lowest BCUT2D eigenvalue weighted by Gasteiger charge is -2.28. The number of hydrogen-bond acceptors (Lipinski definition) is 4. The number of aromatic amines is 1. The first-order chi connectivity index (χ1) is 16.7. The zero-order valence-electron chi connectivity index (χ0n) is 19.7. The number of H-pyrrole nitrogens is 1. The number of halogens is 3. The normalized spacial score (nSPS) is 14.0. The van der Waals surface area contributed by atoms with Crippen LogP contribution in [-0.2, 0) is 9.53 Å². The summed E-state index contributed by atoms with van der Waals surface area (Å²) >= 11 is 0. The van der Waals surface area contributed by atoms with Crippen LogP contribution in [0.1, 0.15) is 51.3 Å². The van der Waals surface area contributed by atoms with E-state index in [4.69, 9.17) is 4.74 Å². The Hall–Kier alpha value is -3.40. The molecule has 3 unspecified atom stereocenters. The number of aromatic nitrogens is 2. The average Bonchev–Trinajstić information content (AvgIpc) is 2.80.